The lowest BCUT2D eigenvalue weighted by Crippen LogP contribution is -2.29. The Morgan fingerprint density at radius 1 is 1.38 bits per heavy atom. The van der Waals surface area contributed by atoms with E-state index in [4.69, 9.17) is 17.4 Å². The standard InChI is InChI=1S/C11H11ClN3S/c12-8-2-1-3-9-11(8)14-4-7-5-16-6-10(7)15(9)13/h1-3,5-6,14,16H,4,13H2. The van der Waals surface area contributed by atoms with Crippen molar-refractivity contribution in [2.45, 2.75) is 0 Å². The number of fused-ring (bicyclic) bond motifs is 2. The van der Waals surface area contributed by atoms with E-state index in [0.717, 1.165) is 23.6 Å². The van der Waals surface area contributed by atoms with Gasteiger partial charge < -0.3 is 5.32 Å². The normalized spacial score (nSPS) is 18.0. The Labute approximate surface area is 103 Å². The molecule has 0 spiro atoms. The van der Waals surface area contributed by atoms with Gasteiger partial charge in [-0.2, -0.15) is 11.8 Å². The summed E-state index contributed by atoms with van der Waals surface area (Å²) in [5, 5.41) is 9.99. The average molecular weight is 253 g/mol. The number of thiol groups is 1. The first-order chi connectivity index (χ1) is 7.77. The summed E-state index contributed by atoms with van der Waals surface area (Å²) in [6.07, 6.45) is 0. The Hall–Kier alpha value is -1.10. The van der Waals surface area contributed by atoms with E-state index in [1.165, 1.54) is 17.3 Å². The monoisotopic (exact) mass is 252 g/mol. The second-order valence-corrected chi connectivity index (χ2v) is 4.90. The fraction of sp³-hybridized carbons (Fsp3) is 0.0909. The van der Waals surface area contributed by atoms with Crippen molar-refractivity contribution in [3.63, 3.8) is 0 Å². The lowest BCUT2D eigenvalue weighted by molar-refractivity contribution is 1.02. The molecule has 1 aromatic rings. The highest BCUT2D eigenvalue weighted by Gasteiger charge is 2.23. The minimum absolute atomic E-state index is 0.701. The maximum atomic E-state index is 6.15. The van der Waals surface area contributed by atoms with Crippen LogP contribution in [0.5, 0.6) is 0 Å². The molecule has 0 aliphatic carbocycles. The van der Waals surface area contributed by atoms with Crippen LogP contribution in [0.3, 0.4) is 0 Å². The number of hydrazine groups is 1. The number of nitrogens with zero attached hydrogens (tertiary/aromatic N) is 1. The second-order valence-electron chi connectivity index (χ2n) is 3.68. The molecule has 16 heavy (non-hydrogen) atoms. The van der Waals surface area contributed by atoms with Gasteiger partial charge in [0.2, 0.25) is 0 Å². The first-order valence-electron chi connectivity index (χ1n) is 4.94. The summed E-state index contributed by atoms with van der Waals surface area (Å²) < 4.78 is 0. The average Bonchev–Trinajstić information content (AvgIpc) is 2.70. The molecule has 2 heterocycles. The number of para-hydroxylation sites is 1. The maximum absolute atomic E-state index is 6.15. The zero-order chi connectivity index (χ0) is 11.1. The molecular formula is C11H11ClN3S. The van der Waals surface area contributed by atoms with Crippen LogP contribution in [0.25, 0.3) is 0 Å². The predicted octanol–water partition coefficient (Wildman–Crippen LogP) is 2.65. The van der Waals surface area contributed by atoms with Crippen molar-refractivity contribution in [1.29, 1.82) is 0 Å². The van der Waals surface area contributed by atoms with E-state index in [0.29, 0.717) is 5.02 Å². The number of halogens is 1. The van der Waals surface area contributed by atoms with Crippen molar-refractivity contribution < 1.29 is 0 Å². The predicted molar refractivity (Wildman–Crippen MR) is 71.8 cm³/mol. The lowest BCUT2D eigenvalue weighted by Gasteiger charge is -2.20. The van der Waals surface area contributed by atoms with Crippen molar-refractivity contribution in [3.05, 3.63) is 45.3 Å². The number of nitrogens with two attached hydrogens (primary N) is 1. The smallest absolute Gasteiger partial charge is 0.0822 e. The molecule has 0 fully saturated rings. The van der Waals surface area contributed by atoms with Crippen molar-refractivity contribution in [1.82, 2.24) is 0 Å². The number of benzene rings is 1. The molecule has 5 heteroatoms. The molecule has 0 unspecified atom stereocenters. The third-order valence-electron chi connectivity index (χ3n) is 2.72. The van der Waals surface area contributed by atoms with E-state index in [2.05, 4.69) is 16.1 Å². The van der Waals surface area contributed by atoms with Gasteiger partial charge in [0, 0.05) is 12.1 Å². The van der Waals surface area contributed by atoms with E-state index in [-0.39, 0.29) is 0 Å². The van der Waals surface area contributed by atoms with E-state index < -0.39 is 0 Å². The van der Waals surface area contributed by atoms with Crippen LogP contribution in [0.1, 0.15) is 0 Å². The first kappa shape index (κ1) is 10.1. The molecule has 2 aliphatic rings. The number of hydrogen-bond acceptors (Lipinski definition) is 3. The van der Waals surface area contributed by atoms with Gasteiger partial charge in [-0.25, -0.2) is 5.84 Å². The topological polar surface area (TPSA) is 41.3 Å². The molecule has 1 aromatic carbocycles. The largest absolute Gasteiger partial charge is 0.378 e. The van der Waals surface area contributed by atoms with Crippen molar-refractivity contribution >= 4 is 34.7 Å². The fourth-order valence-electron chi connectivity index (χ4n) is 1.90. The fourth-order valence-corrected chi connectivity index (χ4v) is 3.05. The number of nitrogens with one attached hydrogen (secondary N) is 1. The molecule has 3 nitrogen and oxygen atoms in total. The third-order valence-corrected chi connectivity index (χ3v) is 3.89. The van der Waals surface area contributed by atoms with Crippen LogP contribution in [0.15, 0.2) is 40.3 Å². The SMILES string of the molecule is NN1C2=C[SH]C=C2CNc2c(Cl)cccc21. The van der Waals surface area contributed by atoms with Gasteiger partial charge in [-0.3, -0.25) is 5.01 Å². The molecule has 0 atom stereocenters. The Bertz CT molecular complexity index is 510. The van der Waals surface area contributed by atoms with Crippen LogP contribution in [-0.2, 0) is 0 Å². The maximum Gasteiger partial charge on any atom is 0.0822 e. The van der Waals surface area contributed by atoms with Crippen LogP contribution in [0, 0.1) is 0 Å². The molecule has 1 radical (unpaired) electrons. The molecule has 3 rings (SSSR count). The lowest BCUT2D eigenvalue weighted by atomic mass is 10.2. The molecular weight excluding hydrogens is 242 g/mol. The zero-order valence-electron chi connectivity index (χ0n) is 8.44. The van der Waals surface area contributed by atoms with Crippen LogP contribution in [-0.4, -0.2) is 6.54 Å². The van der Waals surface area contributed by atoms with Crippen molar-refractivity contribution in [2.75, 3.05) is 16.9 Å². The van der Waals surface area contributed by atoms with Gasteiger partial charge in [-0.05, 0) is 22.9 Å². The zero-order valence-corrected chi connectivity index (χ0v) is 10.1. The molecule has 0 amide bonds. The van der Waals surface area contributed by atoms with E-state index in [1.54, 1.807) is 5.01 Å². The van der Waals surface area contributed by atoms with Gasteiger partial charge in [-0.15, -0.1) is 0 Å². The minimum atomic E-state index is 0.701. The second kappa shape index (κ2) is 3.73. The summed E-state index contributed by atoms with van der Waals surface area (Å²) in [7, 11) is 0. The van der Waals surface area contributed by atoms with Crippen LogP contribution >= 0.6 is 23.4 Å². The summed E-state index contributed by atoms with van der Waals surface area (Å²) in [5.41, 5.74) is 4.10. The molecule has 2 aliphatic heterocycles. The molecule has 0 bridgehead atoms. The van der Waals surface area contributed by atoms with Crippen LogP contribution < -0.4 is 16.2 Å². The Morgan fingerprint density at radius 2 is 2.25 bits per heavy atom. The minimum Gasteiger partial charge on any atom is -0.378 e. The summed E-state index contributed by atoms with van der Waals surface area (Å²) in [5.74, 6) is 6.12. The van der Waals surface area contributed by atoms with Gasteiger partial charge >= 0.3 is 0 Å². The molecule has 3 N–H and O–H groups in total. The van der Waals surface area contributed by atoms with Gasteiger partial charge in [0.15, 0.2) is 0 Å². The Morgan fingerprint density at radius 3 is 3.12 bits per heavy atom. The van der Waals surface area contributed by atoms with Crippen molar-refractivity contribution in [3.8, 4) is 0 Å². The summed E-state index contributed by atoms with van der Waals surface area (Å²) in [4.78, 5) is 0. The highest BCUT2D eigenvalue weighted by molar-refractivity contribution is 8.05. The van der Waals surface area contributed by atoms with Gasteiger partial charge in [-0.1, -0.05) is 17.7 Å². The van der Waals surface area contributed by atoms with Crippen LogP contribution in [0.4, 0.5) is 11.4 Å². The molecule has 0 saturated carbocycles. The van der Waals surface area contributed by atoms with E-state index in [1.807, 2.05) is 18.2 Å². The summed E-state index contributed by atoms with van der Waals surface area (Å²) in [6, 6.07) is 5.74. The number of anilines is 2. The van der Waals surface area contributed by atoms with Gasteiger partial charge in [0.05, 0.1) is 22.1 Å². The quantitative estimate of drug-likeness (QED) is 0.491. The molecule has 83 valence electrons. The summed E-state index contributed by atoms with van der Waals surface area (Å²) in [6.45, 7) is 0.767. The van der Waals surface area contributed by atoms with Gasteiger partial charge in [0.1, 0.15) is 0 Å². The van der Waals surface area contributed by atoms with E-state index in [9.17, 15) is 0 Å². The van der Waals surface area contributed by atoms with Crippen LogP contribution in [0.2, 0.25) is 5.02 Å². The summed E-state index contributed by atoms with van der Waals surface area (Å²) >= 11 is 7.34. The third kappa shape index (κ3) is 1.42. The molecule has 0 aromatic heterocycles. The Kier molecular flexibility index (Phi) is 2.35. The number of rotatable bonds is 0. The van der Waals surface area contributed by atoms with E-state index >= 15 is 0 Å². The Balaban J connectivity index is 2.16. The van der Waals surface area contributed by atoms with Gasteiger partial charge in [0.25, 0.3) is 0 Å². The highest BCUT2D eigenvalue weighted by atomic mass is 35.5. The number of hydrogen-bond donors (Lipinski definition) is 3. The highest BCUT2D eigenvalue weighted by Crippen LogP contribution is 2.40. The molecule has 0 saturated heterocycles. The first-order valence-corrected chi connectivity index (χ1v) is 6.35. The van der Waals surface area contributed by atoms with Crippen molar-refractivity contribution in [2.24, 2.45) is 5.84 Å².